The fourth-order valence-corrected chi connectivity index (χ4v) is 2.57. The second-order valence-corrected chi connectivity index (χ2v) is 5.00. The molecule has 3 atom stereocenters. The highest BCUT2D eigenvalue weighted by atomic mass is 16.5. The van der Waals surface area contributed by atoms with Crippen LogP contribution in [0.2, 0.25) is 0 Å². The number of allylic oxidation sites excluding steroid dienone is 2. The van der Waals surface area contributed by atoms with Gasteiger partial charge in [-0.15, -0.1) is 0 Å². The van der Waals surface area contributed by atoms with Gasteiger partial charge in [0.25, 0.3) is 0 Å². The summed E-state index contributed by atoms with van der Waals surface area (Å²) in [6.07, 6.45) is 4.11. The van der Waals surface area contributed by atoms with Crippen LogP contribution in [0, 0.1) is 23.2 Å². The van der Waals surface area contributed by atoms with E-state index in [1.54, 1.807) is 6.07 Å². The van der Waals surface area contributed by atoms with E-state index in [1.807, 2.05) is 12.2 Å². The zero-order chi connectivity index (χ0) is 14.7. The Morgan fingerprint density at radius 1 is 1.40 bits per heavy atom. The van der Waals surface area contributed by atoms with Gasteiger partial charge in [0.15, 0.2) is 6.10 Å². The van der Waals surface area contributed by atoms with E-state index in [0.29, 0.717) is 12.8 Å². The molecule has 0 unspecified atom stereocenters. The third-order valence-corrected chi connectivity index (χ3v) is 3.63. The standard InChI is InChI=1S/C14H16N2O4/c1-9(8-15)20-12(17)6-7-16-13(18)10-4-2-3-5-11(10)14(16)19/h2-3,9-11H,4-7H2,1H3/t9-,10-,11+/m0/s1. The summed E-state index contributed by atoms with van der Waals surface area (Å²) < 4.78 is 4.79. The highest BCUT2D eigenvalue weighted by molar-refractivity contribution is 6.05. The molecule has 1 aliphatic heterocycles. The Morgan fingerprint density at radius 2 is 1.95 bits per heavy atom. The first kappa shape index (κ1) is 14.3. The van der Waals surface area contributed by atoms with Crippen LogP contribution < -0.4 is 0 Å². The van der Waals surface area contributed by atoms with Crippen LogP contribution in [0.3, 0.4) is 0 Å². The van der Waals surface area contributed by atoms with Crippen LogP contribution in [-0.2, 0) is 19.1 Å². The Labute approximate surface area is 117 Å². The van der Waals surface area contributed by atoms with Gasteiger partial charge in [0.2, 0.25) is 11.8 Å². The summed E-state index contributed by atoms with van der Waals surface area (Å²) >= 11 is 0. The third-order valence-electron chi connectivity index (χ3n) is 3.63. The van der Waals surface area contributed by atoms with Crippen LogP contribution in [0.4, 0.5) is 0 Å². The van der Waals surface area contributed by atoms with Crippen molar-refractivity contribution in [3.63, 3.8) is 0 Å². The van der Waals surface area contributed by atoms with Crippen LogP contribution in [0.25, 0.3) is 0 Å². The molecule has 2 aliphatic rings. The van der Waals surface area contributed by atoms with E-state index in [1.165, 1.54) is 6.92 Å². The fourth-order valence-electron chi connectivity index (χ4n) is 2.57. The Morgan fingerprint density at radius 3 is 2.45 bits per heavy atom. The number of hydrogen-bond acceptors (Lipinski definition) is 5. The summed E-state index contributed by atoms with van der Waals surface area (Å²) in [7, 11) is 0. The first-order chi connectivity index (χ1) is 9.54. The molecule has 0 bridgehead atoms. The van der Waals surface area contributed by atoms with E-state index >= 15 is 0 Å². The lowest BCUT2D eigenvalue weighted by Crippen LogP contribution is -2.33. The Bertz CT molecular complexity index is 480. The second kappa shape index (κ2) is 5.87. The lowest BCUT2D eigenvalue weighted by atomic mass is 9.85. The molecule has 1 heterocycles. The number of amides is 2. The Kier molecular flexibility index (Phi) is 4.18. The summed E-state index contributed by atoms with van der Waals surface area (Å²) in [6, 6.07) is 1.78. The van der Waals surface area contributed by atoms with Gasteiger partial charge >= 0.3 is 5.97 Å². The van der Waals surface area contributed by atoms with Crippen molar-refractivity contribution in [2.24, 2.45) is 11.8 Å². The number of hydrogen-bond donors (Lipinski definition) is 0. The van der Waals surface area contributed by atoms with E-state index in [-0.39, 0.29) is 36.6 Å². The molecular formula is C14H16N2O4. The van der Waals surface area contributed by atoms with Gasteiger partial charge < -0.3 is 4.74 Å². The highest BCUT2D eigenvalue weighted by Gasteiger charge is 2.46. The number of likely N-dealkylation sites (tertiary alicyclic amines) is 1. The number of ether oxygens (including phenoxy) is 1. The van der Waals surface area contributed by atoms with E-state index < -0.39 is 12.1 Å². The van der Waals surface area contributed by atoms with Crippen LogP contribution in [0.5, 0.6) is 0 Å². The zero-order valence-corrected chi connectivity index (χ0v) is 11.2. The lowest BCUT2D eigenvalue weighted by Gasteiger charge is -2.14. The number of esters is 1. The number of nitriles is 1. The van der Waals surface area contributed by atoms with Crippen molar-refractivity contribution >= 4 is 17.8 Å². The first-order valence-electron chi connectivity index (χ1n) is 6.64. The maximum absolute atomic E-state index is 12.1. The predicted octanol–water partition coefficient (Wildman–Crippen LogP) is 0.783. The molecule has 6 heteroatoms. The minimum absolute atomic E-state index is 0.0294. The molecule has 1 aliphatic carbocycles. The van der Waals surface area contributed by atoms with E-state index in [2.05, 4.69) is 0 Å². The zero-order valence-electron chi connectivity index (χ0n) is 11.2. The maximum Gasteiger partial charge on any atom is 0.308 e. The molecule has 20 heavy (non-hydrogen) atoms. The van der Waals surface area contributed by atoms with Gasteiger partial charge in [0.05, 0.1) is 18.3 Å². The van der Waals surface area contributed by atoms with Crippen LogP contribution in [0.15, 0.2) is 12.2 Å². The fraction of sp³-hybridized carbons (Fsp3) is 0.571. The average molecular weight is 276 g/mol. The number of fused-ring (bicyclic) bond motifs is 1. The molecule has 1 fully saturated rings. The Hall–Kier alpha value is -2.16. The second-order valence-electron chi connectivity index (χ2n) is 5.00. The van der Waals surface area contributed by atoms with Crippen molar-refractivity contribution in [1.29, 1.82) is 5.26 Å². The van der Waals surface area contributed by atoms with Gasteiger partial charge in [-0.2, -0.15) is 5.26 Å². The molecule has 0 spiro atoms. The van der Waals surface area contributed by atoms with Gasteiger partial charge in [-0.05, 0) is 19.8 Å². The summed E-state index contributed by atoms with van der Waals surface area (Å²) in [5.41, 5.74) is 0. The molecule has 2 rings (SSSR count). The molecular weight excluding hydrogens is 260 g/mol. The Balaban J connectivity index is 1.91. The van der Waals surface area contributed by atoms with Gasteiger partial charge in [-0.25, -0.2) is 0 Å². The highest BCUT2D eigenvalue weighted by Crippen LogP contribution is 2.34. The molecule has 0 aromatic rings. The smallest absolute Gasteiger partial charge is 0.308 e. The quantitative estimate of drug-likeness (QED) is 0.430. The van der Waals surface area contributed by atoms with Crippen molar-refractivity contribution in [3.05, 3.63) is 12.2 Å². The molecule has 0 aromatic carbocycles. The van der Waals surface area contributed by atoms with E-state index in [0.717, 1.165) is 4.90 Å². The molecule has 2 amide bonds. The third kappa shape index (κ3) is 2.72. The molecule has 0 N–H and O–H groups in total. The van der Waals surface area contributed by atoms with Crippen LogP contribution in [0.1, 0.15) is 26.2 Å². The monoisotopic (exact) mass is 276 g/mol. The number of carbonyl (C=O) groups is 3. The largest absolute Gasteiger partial charge is 0.447 e. The van der Waals surface area contributed by atoms with Gasteiger partial charge in [-0.1, -0.05) is 12.2 Å². The molecule has 106 valence electrons. The number of nitrogens with zero attached hydrogens (tertiary/aromatic N) is 2. The van der Waals surface area contributed by atoms with Crippen molar-refractivity contribution in [2.45, 2.75) is 32.3 Å². The summed E-state index contributed by atoms with van der Waals surface area (Å²) in [6.45, 7) is 1.49. The van der Waals surface area contributed by atoms with Gasteiger partial charge in [0, 0.05) is 6.54 Å². The van der Waals surface area contributed by atoms with Crippen molar-refractivity contribution < 1.29 is 19.1 Å². The predicted molar refractivity (Wildman–Crippen MR) is 67.9 cm³/mol. The average Bonchev–Trinajstić information content (AvgIpc) is 2.69. The first-order valence-corrected chi connectivity index (χ1v) is 6.64. The normalized spacial score (nSPS) is 26.1. The van der Waals surface area contributed by atoms with Gasteiger partial charge in [-0.3, -0.25) is 19.3 Å². The van der Waals surface area contributed by atoms with Crippen molar-refractivity contribution in [1.82, 2.24) is 4.90 Å². The minimum Gasteiger partial charge on any atom is -0.447 e. The SMILES string of the molecule is C[C@@H](C#N)OC(=O)CCN1C(=O)[C@H]2CC=CC[C@H]2C1=O. The molecule has 0 radical (unpaired) electrons. The van der Waals surface area contributed by atoms with E-state index in [4.69, 9.17) is 10.00 Å². The van der Waals surface area contributed by atoms with E-state index in [9.17, 15) is 14.4 Å². The number of carbonyl (C=O) groups excluding carboxylic acids is 3. The molecule has 6 nitrogen and oxygen atoms in total. The number of imide groups is 1. The lowest BCUT2D eigenvalue weighted by molar-refractivity contribution is -0.147. The topological polar surface area (TPSA) is 87.5 Å². The molecule has 1 saturated heterocycles. The van der Waals surface area contributed by atoms with Crippen molar-refractivity contribution in [2.75, 3.05) is 6.54 Å². The van der Waals surface area contributed by atoms with Crippen molar-refractivity contribution in [3.8, 4) is 6.07 Å². The van der Waals surface area contributed by atoms with Crippen LogP contribution in [-0.4, -0.2) is 35.3 Å². The number of rotatable bonds is 4. The molecule has 0 saturated carbocycles. The minimum atomic E-state index is -0.820. The van der Waals surface area contributed by atoms with Crippen LogP contribution >= 0.6 is 0 Å². The maximum atomic E-state index is 12.1. The summed E-state index contributed by atoms with van der Waals surface area (Å²) in [4.78, 5) is 36.8. The summed E-state index contributed by atoms with van der Waals surface area (Å²) in [5, 5.41) is 8.53. The van der Waals surface area contributed by atoms with Gasteiger partial charge in [0.1, 0.15) is 6.07 Å². The molecule has 0 aromatic heterocycles. The summed E-state index contributed by atoms with van der Waals surface area (Å²) in [5.74, 6) is -1.54.